The molecule has 2 N–H and O–H groups in total. The molecule has 3 aromatic rings. The molecular weight excluding hydrogens is 331 g/mol. The number of para-hydroxylation sites is 1. The van der Waals surface area contributed by atoms with Crippen LogP contribution in [-0.2, 0) is 0 Å². The third-order valence-electron chi connectivity index (χ3n) is 4.59. The van der Waals surface area contributed by atoms with Gasteiger partial charge in [0.05, 0.1) is 12.6 Å². The molecule has 1 radical (unpaired) electrons. The molecule has 3 nitrogen and oxygen atoms in total. The SMILES string of the molecule is C[B]c1ccc(N(CC(O)CNc2ccccc2)c2ccc(C)cc2)cc1. The molecule has 0 bridgehead atoms. The summed E-state index contributed by atoms with van der Waals surface area (Å²) >= 11 is 0. The monoisotopic (exact) mass is 357 g/mol. The summed E-state index contributed by atoms with van der Waals surface area (Å²) in [6.07, 6.45) is -0.510. The van der Waals surface area contributed by atoms with Crippen LogP contribution in [0.25, 0.3) is 0 Å². The molecule has 0 spiro atoms. The minimum atomic E-state index is -0.510. The van der Waals surface area contributed by atoms with Crippen LogP contribution in [0.2, 0.25) is 6.82 Å². The second-order valence-corrected chi connectivity index (χ2v) is 6.73. The highest BCUT2D eigenvalue weighted by Gasteiger charge is 2.15. The van der Waals surface area contributed by atoms with Crippen molar-refractivity contribution in [2.45, 2.75) is 19.9 Å². The molecule has 0 aliphatic heterocycles. The fourth-order valence-electron chi connectivity index (χ4n) is 3.00. The van der Waals surface area contributed by atoms with Gasteiger partial charge in [0.2, 0.25) is 0 Å². The minimum Gasteiger partial charge on any atom is -0.389 e. The van der Waals surface area contributed by atoms with Crippen molar-refractivity contribution in [1.82, 2.24) is 0 Å². The maximum absolute atomic E-state index is 10.6. The number of anilines is 3. The Balaban J connectivity index is 1.75. The molecule has 0 aliphatic rings. The molecule has 0 aliphatic carbocycles. The lowest BCUT2D eigenvalue weighted by molar-refractivity contribution is 0.195. The second kappa shape index (κ2) is 9.29. The van der Waals surface area contributed by atoms with E-state index in [0.717, 1.165) is 17.1 Å². The number of hydrogen-bond donors (Lipinski definition) is 2. The van der Waals surface area contributed by atoms with Crippen LogP contribution in [-0.4, -0.2) is 31.6 Å². The molecule has 0 heterocycles. The summed E-state index contributed by atoms with van der Waals surface area (Å²) in [4.78, 5) is 2.16. The van der Waals surface area contributed by atoms with Crippen molar-refractivity contribution in [1.29, 1.82) is 0 Å². The Kier molecular flexibility index (Phi) is 6.56. The first-order valence-electron chi connectivity index (χ1n) is 9.36. The summed E-state index contributed by atoms with van der Waals surface area (Å²) in [7, 11) is 2.08. The Morgan fingerprint density at radius 3 is 2.07 bits per heavy atom. The van der Waals surface area contributed by atoms with E-state index in [1.54, 1.807) is 0 Å². The lowest BCUT2D eigenvalue weighted by atomic mass is 9.73. The van der Waals surface area contributed by atoms with Crippen molar-refractivity contribution in [2.75, 3.05) is 23.3 Å². The van der Waals surface area contributed by atoms with Crippen LogP contribution in [0.4, 0.5) is 17.1 Å². The van der Waals surface area contributed by atoms with Gasteiger partial charge in [0.15, 0.2) is 0 Å². The second-order valence-electron chi connectivity index (χ2n) is 6.73. The highest BCUT2D eigenvalue weighted by atomic mass is 16.3. The number of aliphatic hydroxyl groups is 1. The number of nitrogens with zero attached hydrogens (tertiary/aromatic N) is 1. The fourth-order valence-corrected chi connectivity index (χ4v) is 3.00. The first-order chi connectivity index (χ1) is 13.2. The highest BCUT2D eigenvalue weighted by molar-refractivity contribution is 6.51. The Bertz CT molecular complexity index is 819. The molecular formula is C23H26BN2O. The molecule has 0 saturated heterocycles. The maximum Gasteiger partial charge on any atom is 0.148 e. The molecule has 3 rings (SSSR count). The summed E-state index contributed by atoms with van der Waals surface area (Å²) in [5.41, 5.74) is 5.58. The lowest BCUT2D eigenvalue weighted by Gasteiger charge is -2.28. The molecule has 0 saturated carbocycles. The van der Waals surface area contributed by atoms with E-state index in [1.165, 1.54) is 11.0 Å². The number of aryl methyl sites for hydroxylation is 1. The average molecular weight is 357 g/mol. The van der Waals surface area contributed by atoms with Crippen molar-refractivity contribution >= 4 is 29.8 Å². The van der Waals surface area contributed by atoms with Gasteiger partial charge in [-0.3, -0.25) is 0 Å². The zero-order chi connectivity index (χ0) is 19.1. The molecule has 3 aromatic carbocycles. The molecule has 1 atom stereocenters. The van der Waals surface area contributed by atoms with Crippen LogP contribution in [0, 0.1) is 6.92 Å². The van der Waals surface area contributed by atoms with Gasteiger partial charge in [0.25, 0.3) is 0 Å². The minimum absolute atomic E-state index is 0.493. The highest BCUT2D eigenvalue weighted by Crippen LogP contribution is 2.25. The lowest BCUT2D eigenvalue weighted by Crippen LogP contribution is -2.33. The predicted octanol–water partition coefficient (Wildman–Crippen LogP) is 3.98. The van der Waals surface area contributed by atoms with E-state index in [-0.39, 0.29) is 0 Å². The van der Waals surface area contributed by atoms with Gasteiger partial charge < -0.3 is 15.3 Å². The summed E-state index contributed by atoms with van der Waals surface area (Å²) in [6.45, 7) is 5.12. The summed E-state index contributed by atoms with van der Waals surface area (Å²) in [5.74, 6) is 0. The van der Waals surface area contributed by atoms with Crippen LogP contribution < -0.4 is 15.7 Å². The number of benzene rings is 3. The zero-order valence-electron chi connectivity index (χ0n) is 16.0. The van der Waals surface area contributed by atoms with Gasteiger partial charge in [-0.2, -0.15) is 0 Å². The van der Waals surface area contributed by atoms with Crippen molar-refractivity contribution in [3.05, 3.63) is 84.4 Å². The third kappa shape index (κ3) is 5.38. The van der Waals surface area contributed by atoms with Crippen LogP contribution in [0.3, 0.4) is 0 Å². The van der Waals surface area contributed by atoms with E-state index in [2.05, 4.69) is 73.0 Å². The van der Waals surface area contributed by atoms with Gasteiger partial charge in [-0.15, -0.1) is 0 Å². The standard InChI is InChI=1S/C23H26BN2O/c1-18-8-12-21(13-9-18)26(22-14-10-19(24-2)11-15-22)17-23(27)16-25-20-6-4-3-5-7-20/h3-15,23,25,27H,16-17H2,1-2H3. The van der Waals surface area contributed by atoms with Gasteiger partial charge in [0, 0.05) is 23.6 Å². The third-order valence-corrected chi connectivity index (χ3v) is 4.59. The number of aliphatic hydroxyl groups excluding tert-OH is 1. The van der Waals surface area contributed by atoms with Gasteiger partial charge in [0.1, 0.15) is 7.28 Å². The number of rotatable bonds is 8. The summed E-state index contributed by atoms with van der Waals surface area (Å²) < 4.78 is 0. The number of nitrogens with one attached hydrogen (secondary N) is 1. The van der Waals surface area contributed by atoms with E-state index in [4.69, 9.17) is 0 Å². The molecule has 27 heavy (non-hydrogen) atoms. The van der Waals surface area contributed by atoms with E-state index in [0.29, 0.717) is 13.1 Å². The van der Waals surface area contributed by atoms with Gasteiger partial charge in [-0.25, -0.2) is 0 Å². The first kappa shape index (κ1) is 19.1. The van der Waals surface area contributed by atoms with Crippen LogP contribution in [0.15, 0.2) is 78.9 Å². The van der Waals surface area contributed by atoms with Crippen molar-refractivity contribution in [3.63, 3.8) is 0 Å². The molecule has 0 amide bonds. The van der Waals surface area contributed by atoms with Crippen LogP contribution in [0.1, 0.15) is 5.56 Å². The first-order valence-corrected chi connectivity index (χ1v) is 9.36. The number of hydrogen-bond acceptors (Lipinski definition) is 3. The summed E-state index contributed by atoms with van der Waals surface area (Å²) in [6, 6.07) is 26.8. The smallest absolute Gasteiger partial charge is 0.148 e. The quantitative estimate of drug-likeness (QED) is 0.599. The summed E-state index contributed by atoms with van der Waals surface area (Å²) in [5, 5.41) is 13.9. The van der Waals surface area contributed by atoms with E-state index in [1.807, 2.05) is 37.2 Å². The largest absolute Gasteiger partial charge is 0.389 e. The zero-order valence-corrected chi connectivity index (χ0v) is 16.0. The normalized spacial score (nSPS) is 11.7. The Labute approximate surface area is 162 Å². The van der Waals surface area contributed by atoms with Crippen LogP contribution in [0.5, 0.6) is 0 Å². The van der Waals surface area contributed by atoms with Crippen molar-refractivity contribution in [2.24, 2.45) is 0 Å². The van der Waals surface area contributed by atoms with Crippen LogP contribution >= 0.6 is 0 Å². The fraction of sp³-hybridized carbons (Fsp3) is 0.217. The molecule has 4 heteroatoms. The average Bonchev–Trinajstić information content (AvgIpc) is 2.72. The van der Waals surface area contributed by atoms with Crippen molar-refractivity contribution in [3.8, 4) is 0 Å². The van der Waals surface area contributed by atoms with E-state index in [9.17, 15) is 5.11 Å². The maximum atomic E-state index is 10.6. The van der Waals surface area contributed by atoms with Gasteiger partial charge in [-0.1, -0.05) is 60.3 Å². The molecule has 0 fully saturated rings. The molecule has 1 unspecified atom stereocenters. The Morgan fingerprint density at radius 1 is 0.889 bits per heavy atom. The predicted molar refractivity (Wildman–Crippen MR) is 117 cm³/mol. The topological polar surface area (TPSA) is 35.5 Å². The Morgan fingerprint density at radius 2 is 1.48 bits per heavy atom. The van der Waals surface area contributed by atoms with E-state index >= 15 is 0 Å². The van der Waals surface area contributed by atoms with Crippen molar-refractivity contribution < 1.29 is 5.11 Å². The van der Waals surface area contributed by atoms with E-state index < -0.39 is 6.10 Å². The Hall–Kier alpha value is -2.72. The van der Waals surface area contributed by atoms with Gasteiger partial charge in [-0.05, 0) is 43.3 Å². The molecule has 0 aromatic heterocycles. The molecule has 137 valence electrons. The van der Waals surface area contributed by atoms with Gasteiger partial charge >= 0.3 is 0 Å².